The highest BCUT2D eigenvalue weighted by Crippen LogP contribution is 2.20. The van der Waals surface area contributed by atoms with Gasteiger partial charge in [-0.15, -0.1) is 0 Å². The zero-order valence-corrected chi connectivity index (χ0v) is 17.1. The van der Waals surface area contributed by atoms with Crippen LogP contribution in [-0.4, -0.2) is 69.8 Å². The maximum absolute atomic E-state index is 12.5. The number of nitrogens with one attached hydrogen (secondary N) is 1. The normalized spacial score (nSPS) is 18.0. The maximum Gasteiger partial charge on any atom is 0.238 e. The van der Waals surface area contributed by atoms with Gasteiger partial charge >= 0.3 is 0 Å². The average molecular weight is 395 g/mol. The number of rotatable bonds is 5. The molecule has 2 aliphatic heterocycles. The SMILES string of the molecule is Cc1cccc(N2CCN(CC(=O)Nc3ccc(N4CCOCC4)cc3)CC2)c1. The molecule has 6 nitrogen and oxygen atoms in total. The molecule has 2 saturated heterocycles. The summed E-state index contributed by atoms with van der Waals surface area (Å²) in [5, 5.41) is 3.03. The molecule has 2 aromatic carbocycles. The summed E-state index contributed by atoms with van der Waals surface area (Å²) in [7, 11) is 0. The Kier molecular flexibility index (Phi) is 6.32. The molecule has 0 aliphatic carbocycles. The van der Waals surface area contributed by atoms with Crippen LogP contribution in [0.15, 0.2) is 48.5 Å². The Morgan fingerprint density at radius 2 is 1.59 bits per heavy atom. The highest BCUT2D eigenvalue weighted by molar-refractivity contribution is 5.92. The highest BCUT2D eigenvalue weighted by atomic mass is 16.5. The van der Waals surface area contributed by atoms with Gasteiger partial charge in [0.05, 0.1) is 19.8 Å². The Labute approximate surface area is 173 Å². The number of aryl methyl sites for hydroxylation is 1. The molecule has 6 heteroatoms. The maximum atomic E-state index is 12.5. The number of carbonyl (C=O) groups excluding carboxylic acids is 1. The van der Waals surface area contributed by atoms with Crippen LogP contribution in [0.2, 0.25) is 0 Å². The predicted molar refractivity (Wildman–Crippen MR) is 118 cm³/mol. The van der Waals surface area contributed by atoms with Crippen LogP contribution in [-0.2, 0) is 9.53 Å². The molecule has 154 valence electrons. The van der Waals surface area contributed by atoms with E-state index in [9.17, 15) is 4.79 Å². The number of morpholine rings is 1. The number of piperazine rings is 1. The van der Waals surface area contributed by atoms with E-state index >= 15 is 0 Å². The first-order valence-electron chi connectivity index (χ1n) is 10.4. The van der Waals surface area contributed by atoms with E-state index in [1.54, 1.807) is 0 Å². The lowest BCUT2D eigenvalue weighted by atomic mass is 10.2. The first-order valence-corrected chi connectivity index (χ1v) is 10.4. The molecule has 0 atom stereocenters. The van der Waals surface area contributed by atoms with Gasteiger partial charge < -0.3 is 19.9 Å². The van der Waals surface area contributed by atoms with Gasteiger partial charge in [-0.1, -0.05) is 12.1 Å². The summed E-state index contributed by atoms with van der Waals surface area (Å²) in [6.07, 6.45) is 0. The summed E-state index contributed by atoms with van der Waals surface area (Å²) >= 11 is 0. The lowest BCUT2D eigenvalue weighted by Crippen LogP contribution is -2.48. The van der Waals surface area contributed by atoms with Crippen molar-refractivity contribution in [3.05, 3.63) is 54.1 Å². The number of ether oxygens (including phenoxy) is 1. The number of nitrogens with zero attached hydrogens (tertiary/aromatic N) is 3. The molecular formula is C23H30N4O2. The lowest BCUT2D eigenvalue weighted by Gasteiger charge is -2.35. The summed E-state index contributed by atoms with van der Waals surface area (Å²) in [5.41, 5.74) is 4.59. The van der Waals surface area contributed by atoms with Crippen molar-refractivity contribution in [1.82, 2.24) is 4.90 Å². The summed E-state index contributed by atoms with van der Waals surface area (Å²) < 4.78 is 5.40. The molecule has 2 fully saturated rings. The van der Waals surface area contributed by atoms with Gasteiger partial charge in [0.25, 0.3) is 0 Å². The van der Waals surface area contributed by atoms with Crippen molar-refractivity contribution in [1.29, 1.82) is 0 Å². The molecule has 29 heavy (non-hydrogen) atoms. The summed E-state index contributed by atoms with van der Waals surface area (Å²) in [5.74, 6) is 0.0492. The second-order valence-corrected chi connectivity index (χ2v) is 7.80. The number of amides is 1. The zero-order valence-electron chi connectivity index (χ0n) is 17.1. The van der Waals surface area contributed by atoms with Crippen molar-refractivity contribution in [2.45, 2.75) is 6.92 Å². The van der Waals surface area contributed by atoms with Gasteiger partial charge in [0, 0.05) is 56.3 Å². The van der Waals surface area contributed by atoms with Crippen molar-refractivity contribution < 1.29 is 9.53 Å². The molecule has 0 saturated carbocycles. The van der Waals surface area contributed by atoms with Crippen LogP contribution in [0.3, 0.4) is 0 Å². The third-order valence-corrected chi connectivity index (χ3v) is 5.63. The third kappa shape index (κ3) is 5.28. The van der Waals surface area contributed by atoms with Crippen LogP contribution in [0, 0.1) is 6.92 Å². The second-order valence-electron chi connectivity index (χ2n) is 7.80. The largest absolute Gasteiger partial charge is 0.378 e. The molecule has 0 aromatic heterocycles. The summed E-state index contributed by atoms with van der Waals surface area (Å²) in [6.45, 7) is 9.64. The van der Waals surface area contributed by atoms with Crippen LogP contribution in [0.1, 0.15) is 5.56 Å². The van der Waals surface area contributed by atoms with Gasteiger partial charge in [0.1, 0.15) is 0 Å². The first-order chi connectivity index (χ1) is 14.2. The fourth-order valence-corrected chi connectivity index (χ4v) is 3.97. The molecule has 0 bridgehead atoms. The lowest BCUT2D eigenvalue weighted by molar-refractivity contribution is -0.117. The van der Waals surface area contributed by atoms with Crippen molar-refractivity contribution >= 4 is 23.0 Å². The Morgan fingerprint density at radius 3 is 2.28 bits per heavy atom. The molecular weight excluding hydrogens is 364 g/mol. The van der Waals surface area contributed by atoms with Crippen LogP contribution >= 0.6 is 0 Å². The standard InChI is InChI=1S/C23H30N4O2/c1-19-3-2-4-22(17-19)26-11-9-25(10-12-26)18-23(28)24-20-5-7-21(8-6-20)27-13-15-29-16-14-27/h2-8,17H,9-16,18H2,1H3,(H,24,28). The summed E-state index contributed by atoms with van der Waals surface area (Å²) in [6, 6.07) is 16.7. The number of carbonyl (C=O) groups is 1. The van der Waals surface area contributed by atoms with Gasteiger partial charge in [-0.25, -0.2) is 0 Å². The van der Waals surface area contributed by atoms with Crippen molar-refractivity contribution in [2.75, 3.05) is 74.1 Å². The van der Waals surface area contributed by atoms with E-state index in [1.807, 2.05) is 12.1 Å². The van der Waals surface area contributed by atoms with Crippen LogP contribution in [0.5, 0.6) is 0 Å². The molecule has 0 spiro atoms. The fraction of sp³-hybridized carbons (Fsp3) is 0.435. The van der Waals surface area contributed by atoms with E-state index in [0.29, 0.717) is 6.54 Å². The number of hydrogen-bond donors (Lipinski definition) is 1. The van der Waals surface area contributed by atoms with Crippen molar-refractivity contribution in [2.24, 2.45) is 0 Å². The molecule has 1 amide bonds. The molecule has 1 N–H and O–H groups in total. The Bertz CT molecular complexity index is 810. The number of anilines is 3. The van der Waals surface area contributed by atoms with Gasteiger partial charge in [-0.2, -0.15) is 0 Å². The quantitative estimate of drug-likeness (QED) is 0.845. The Morgan fingerprint density at radius 1 is 0.897 bits per heavy atom. The average Bonchev–Trinajstić information content (AvgIpc) is 2.75. The van der Waals surface area contributed by atoms with E-state index in [-0.39, 0.29) is 5.91 Å². The monoisotopic (exact) mass is 394 g/mol. The minimum atomic E-state index is 0.0492. The predicted octanol–water partition coefficient (Wildman–Crippen LogP) is 2.59. The van der Waals surface area contributed by atoms with E-state index < -0.39 is 0 Å². The van der Waals surface area contributed by atoms with Crippen LogP contribution in [0.4, 0.5) is 17.1 Å². The van der Waals surface area contributed by atoms with E-state index in [2.05, 4.69) is 63.3 Å². The van der Waals surface area contributed by atoms with Gasteiger partial charge in [0.2, 0.25) is 5.91 Å². The minimum Gasteiger partial charge on any atom is -0.378 e. The molecule has 2 aliphatic rings. The fourth-order valence-electron chi connectivity index (χ4n) is 3.97. The Balaban J connectivity index is 1.24. The summed E-state index contributed by atoms with van der Waals surface area (Å²) in [4.78, 5) is 19.4. The molecule has 0 unspecified atom stereocenters. The van der Waals surface area contributed by atoms with E-state index in [1.165, 1.54) is 16.9 Å². The Hall–Kier alpha value is -2.57. The van der Waals surface area contributed by atoms with Gasteiger partial charge in [0.15, 0.2) is 0 Å². The number of benzene rings is 2. The van der Waals surface area contributed by atoms with Gasteiger partial charge in [-0.3, -0.25) is 9.69 Å². The molecule has 2 heterocycles. The number of hydrogen-bond acceptors (Lipinski definition) is 5. The molecule has 0 radical (unpaired) electrons. The van der Waals surface area contributed by atoms with E-state index in [0.717, 1.165) is 58.2 Å². The highest BCUT2D eigenvalue weighted by Gasteiger charge is 2.19. The van der Waals surface area contributed by atoms with Crippen molar-refractivity contribution in [3.63, 3.8) is 0 Å². The van der Waals surface area contributed by atoms with E-state index in [4.69, 9.17) is 4.74 Å². The molecule has 4 rings (SSSR count). The second kappa shape index (κ2) is 9.29. The topological polar surface area (TPSA) is 48.0 Å². The molecule has 2 aromatic rings. The van der Waals surface area contributed by atoms with Crippen molar-refractivity contribution in [3.8, 4) is 0 Å². The van der Waals surface area contributed by atoms with Crippen LogP contribution in [0.25, 0.3) is 0 Å². The minimum absolute atomic E-state index is 0.0492. The zero-order chi connectivity index (χ0) is 20.1. The van der Waals surface area contributed by atoms with Crippen LogP contribution < -0.4 is 15.1 Å². The third-order valence-electron chi connectivity index (χ3n) is 5.63. The first kappa shape index (κ1) is 19.7. The van der Waals surface area contributed by atoms with Gasteiger partial charge in [-0.05, 0) is 48.9 Å². The smallest absolute Gasteiger partial charge is 0.238 e.